The number of carbonyl (C=O) groups excluding carboxylic acids is 1. The molecule has 154 valence electrons. The summed E-state index contributed by atoms with van der Waals surface area (Å²) in [6.07, 6.45) is 0.808. The van der Waals surface area contributed by atoms with E-state index in [9.17, 15) is 9.59 Å². The van der Waals surface area contributed by atoms with Crippen LogP contribution in [-0.2, 0) is 11.3 Å². The number of hydrogen-bond acceptors (Lipinski definition) is 4. The molecule has 0 aliphatic rings. The number of fused-ring (bicyclic) bond motifs is 3. The quantitative estimate of drug-likeness (QED) is 0.415. The number of halogens is 1. The number of nitrogens with one attached hydrogen (secondary N) is 1. The third-order valence-corrected chi connectivity index (χ3v) is 6.83. The molecule has 5 nitrogen and oxygen atoms in total. The van der Waals surface area contributed by atoms with Gasteiger partial charge in [-0.15, -0.1) is 11.3 Å². The lowest BCUT2D eigenvalue weighted by Gasteiger charge is -2.15. The Morgan fingerprint density at radius 2 is 1.90 bits per heavy atom. The molecule has 0 bridgehead atoms. The molecule has 0 spiro atoms. The van der Waals surface area contributed by atoms with Crippen LogP contribution in [0.5, 0.6) is 0 Å². The molecule has 0 radical (unpaired) electrons. The fraction of sp³-hybridized carbons (Fsp3) is 0.227. The van der Waals surface area contributed by atoms with Crippen molar-refractivity contribution in [3.63, 3.8) is 0 Å². The van der Waals surface area contributed by atoms with Gasteiger partial charge in [0.15, 0.2) is 3.95 Å². The molecule has 8 heteroatoms. The third-order valence-electron chi connectivity index (χ3n) is 5.10. The molecule has 1 N–H and O–H groups in total. The second-order valence-electron chi connectivity index (χ2n) is 7.12. The lowest BCUT2D eigenvalue weighted by atomic mass is 10.2. The molecule has 1 atom stereocenters. The van der Waals surface area contributed by atoms with Gasteiger partial charge in [0, 0.05) is 16.6 Å². The second kappa shape index (κ2) is 8.34. The van der Waals surface area contributed by atoms with Crippen LogP contribution in [0.3, 0.4) is 0 Å². The number of benzene rings is 2. The summed E-state index contributed by atoms with van der Waals surface area (Å²) in [4.78, 5) is 26.9. The van der Waals surface area contributed by atoms with Gasteiger partial charge in [0.1, 0.15) is 12.2 Å². The van der Waals surface area contributed by atoms with Gasteiger partial charge in [-0.25, -0.2) is 0 Å². The van der Waals surface area contributed by atoms with Gasteiger partial charge < -0.3 is 5.32 Å². The maximum atomic E-state index is 13.4. The van der Waals surface area contributed by atoms with E-state index in [2.05, 4.69) is 5.32 Å². The Morgan fingerprint density at radius 1 is 1.20 bits per heavy atom. The zero-order valence-corrected chi connectivity index (χ0v) is 18.9. The van der Waals surface area contributed by atoms with E-state index in [0.717, 1.165) is 22.4 Å². The Kier molecular flexibility index (Phi) is 5.77. The summed E-state index contributed by atoms with van der Waals surface area (Å²) in [5, 5.41) is 4.02. The van der Waals surface area contributed by atoms with Crippen molar-refractivity contribution >= 4 is 57.6 Å². The molecular formula is C22H20ClN3O2S2. The van der Waals surface area contributed by atoms with Crippen molar-refractivity contribution in [3.05, 3.63) is 67.9 Å². The third kappa shape index (κ3) is 3.57. The van der Waals surface area contributed by atoms with Crippen LogP contribution in [0, 0.1) is 3.95 Å². The van der Waals surface area contributed by atoms with Gasteiger partial charge in [-0.3, -0.25) is 18.6 Å². The number of thiazole rings is 1. The molecule has 2 aromatic heterocycles. The summed E-state index contributed by atoms with van der Waals surface area (Å²) in [7, 11) is 0. The van der Waals surface area contributed by atoms with Crippen molar-refractivity contribution in [2.24, 2.45) is 0 Å². The number of aromatic nitrogens is 2. The summed E-state index contributed by atoms with van der Waals surface area (Å²) < 4.78 is 3.96. The largest absolute Gasteiger partial charge is 0.352 e. The van der Waals surface area contributed by atoms with Crippen molar-refractivity contribution in [3.8, 4) is 10.4 Å². The van der Waals surface area contributed by atoms with E-state index < -0.39 is 0 Å². The first-order chi connectivity index (χ1) is 14.4. The Morgan fingerprint density at radius 3 is 2.63 bits per heavy atom. The first kappa shape index (κ1) is 20.8. The monoisotopic (exact) mass is 457 g/mol. The van der Waals surface area contributed by atoms with E-state index in [1.165, 1.54) is 15.9 Å². The van der Waals surface area contributed by atoms with Gasteiger partial charge >= 0.3 is 0 Å². The van der Waals surface area contributed by atoms with Gasteiger partial charge in [0.25, 0.3) is 5.56 Å². The molecule has 4 rings (SSSR count). The van der Waals surface area contributed by atoms with Gasteiger partial charge in [0.2, 0.25) is 5.91 Å². The molecule has 0 aliphatic carbocycles. The second-order valence-corrected chi connectivity index (χ2v) is 9.17. The fourth-order valence-corrected chi connectivity index (χ4v) is 5.20. The summed E-state index contributed by atoms with van der Waals surface area (Å²) in [5.41, 5.74) is 1.85. The van der Waals surface area contributed by atoms with Crippen molar-refractivity contribution in [1.29, 1.82) is 0 Å². The number of carbonyl (C=O) groups is 1. The molecule has 0 fully saturated rings. The zero-order chi connectivity index (χ0) is 21.4. The van der Waals surface area contributed by atoms with Gasteiger partial charge in [-0.1, -0.05) is 48.9 Å². The fourth-order valence-electron chi connectivity index (χ4n) is 3.45. The van der Waals surface area contributed by atoms with E-state index in [0.29, 0.717) is 20.0 Å². The molecule has 4 aromatic rings. The highest BCUT2D eigenvalue weighted by Crippen LogP contribution is 2.36. The number of rotatable bonds is 5. The van der Waals surface area contributed by atoms with Crippen LogP contribution in [0.2, 0.25) is 5.02 Å². The topological polar surface area (TPSA) is 55.5 Å². The van der Waals surface area contributed by atoms with Crippen molar-refractivity contribution < 1.29 is 4.79 Å². The summed E-state index contributed by atoms with van der Waals surface area (Å²) in [6.45, 7) is 3.84. The molecule has 2 heterocycles. The Labute approximate surface area is 187 Å². The number of amides is 1. The predicted octanol–water partition coefficient (Wildman–Crippen LogP) is 5.28. The zero-order valence-electron chi connectivity index (χ0n) is 16.5. The minimum atomic E-state index is -0.231. The van der Waals surface area contributed by atoms with E-state index in [4.69, 9.17) is 23.8 Å². The lowest BCUT2D eigenvalue weighted by Crippen LogP contribution is -2.37. The Bertz CT molecular complexity index is 1390. The van der Waals surface area contributed by atoms with Crippen molar-refractivity contribution in [2.75, 3.05) is 0 Å². The molecule has 0 unspecified atom stereocenters. The van der Waals surface area contributed by atoms with Crippen LogP contribution in [0.25, 0.3) is 27.0 Å². The highest BCUT2D eigenvalue weighted by atomic mass is 35.5. The standard InChI is InChI=1S/C22H20ClN3O2S2/c1-3-13(2)24-18(27)12-25-20-19(14-8-4-6-10-16(14)23)30-22(29)26(20)17-11-7-5-9-15(17)21(25)28/h4-11,13H,3,12H2,1-2H3,(H,24,27)/t13-/m0/s1. The first-order valence-corrected chi connectivity index (χ1v) is 11.2. The molecular weight excluding hydrogens is 438 g/mol. The molecule has 2 aromatic carbocycles. The average Bonchev–Trinajstić information content (AvgIpc) is 3.08. The smallest absolute Gasteiger partial charge is 0.262 e. The van der Waals surface area contributed by atoms with Crippen LogP contribution >= 0.6 is 35.2 Å². The summed E-state index contributed by atoms with van der Waals surface area (Å²) in [5.74, 6) is -0.217. The maximum absolute atomic E-state index is 13.4. The van der Waals surface area contributed by atoms with Crippen LogP contribution in [0.15, 0.2) is 53.3 Å². The van der Waals surface area contributed by atoms with Crippen LogP contribution in [-0.4, -0.2) is 20.9 Å². The number of hydrogen-bond donors (Lipinski definition) is 1. The first-order valence-electron chi connectivity index (χ1n) is 9.63. The van der Waals surface area contributed by atoms with Gasteiger partial charge in [0.05, 0.1) is 15.8 Å². The van der Waals surface area contributed by atoms with Gasteiger partial charge in [-0.2, -0.15) is 0 Å². The van der Waals surface area contributed by atoms with Crippen molar-refractivity contribution in [1.82, 2.24) is 14.3 Å². The van der Waals surface area contributed by atoms with E-state index in [-0.39, 0.29) is 24.1 Å². The minimum Gasteiger partial charge on any atom is -0.352 e. The number of para-hydroxylation sites is 1. The lowest BCUT2D eigenvalue weighted by molar-refractivity contribution is -0.122. The van der Waals surface area contributed by atoms with Gasteiger partial charge in [-0.05, 0) is 43.8 Å². The Hall–Kier alpha value is -2.48. The number of nitrogens with zero attached hydrogens (tertiary/aromatic N) is 2. The van der Waals surface area contributed by atoms with Crippen LogP contribution in [0.4, 0.5) is 0 Å². The Balaban J connectivity index is 2.06. The highest BCUT2D eigenvalue weighted by Gasteiger charge is 2.21. The van der Waals surface area contributed by atoms with E-state index in [1.54, 1.807) is 12.1 Å². The van der Waals surface area contributed by atoms with E-state index in [1.807, 2.05) is 54.6 Å². The average molecular weight is 458 g/mol. The van der Waals surface area contributed by atoms with Crippen LogP contribution in [0.1, 0.15) is 20.3 Å². The van der Waals surface area contributed by atoms with E-state index >= 15 is 0 Å². The normalized spacial score (nSPS) is 12.4. The molecule has 0 aliphatic heterocycles. The summed E-state index contributed by atoms with van der Waals surface area (Å²) >= 11 is 13.5. The van der Waals surface area contributed by atoms with Crippen LogP contribution < -0.4 is 10.9 Å². The molecule has 0 saturated heterocycles. The maximum Gasteiger partial charge on any atom is 0.262 e. The minimum absolute atomic E-state index is 0.0248. The predicted molar refractivity (Wildman–Crippen MR) is 126 cm³/mol. The molecule has 30 heavy (non-hydrogen) atoms. The SMILES string of the molecule is CC[C@H](C)NC(=O)Cn1c(=O)c2ccccc2n2c(=S)sc(-c3ccccc3Cl)c12. The summed E-state index contributed by atoms with van der Waals surface area (Å²) in [6, 6.07) is 14.8. The molecule has 0 saturated carbocycles. The molecule has 1 amide bonds. The highest BCUT2D eigenvalue weighted by molar-refractivity contribution is 7.73. The van der Waals surface area contributed by atoms with Crippen molar-refractivity contribution in [2.45, 2.75) is 32.9 Å².